The molecule has 3 heteroatoms. The van der Waals surface area contributed by atoms with E-state index in [0.717, 1.165) is 12.1 Å². The van der Waals surface area contributed by atoms with E-state index in [4.69, 9.17) is 0 Å². The normalized spacial score (nSPS) is 10.5. The van der Waals surface area contributed by atoms with Gasteiger partial charge >= 0.3 is 0 Å². The van der Waals surface area contributed by atoms with Gasteiger partial charge < -0.3 is 10.0 Å². The van der Waals surface area contributed by atoms with Gasteiger partial charge in [-0.15, -0.1) is 0 Å². The first-order valence-corrected chi connectivity index (χ1v) is 11.4. The molecule has 0 aromatic heterocycles. The summed E-state index contributed by atoms with van der Waals surface area (Å²) < 4.78 is 0. The molecular weight excluding hydrogens is 385 g/mol. The molecule has 0 atom stereocenters. The van der Waals surface area contributed by atoms with E-state index in [1.807, 2.05) is 37.2 Å². The Hall–Kier alpha value is -2.93. The summed E-state index contributed by atoms with van der Waals surface area (Å²) >= 11 is 0. The maximum absolute atomic E-state index is 9.33. The summed E-state index contributed by atoms with van der Waals surface area (Å²) in [6.45, 7) is 0.784. The lowest BCUT2D eigenvalue weighted by Crippen LogP contribution is -2.20. The van der Waals surface area contributed by atoms with Gasteiger partial charge in [0.1, 0.15) is 5.75 Å². The van der Waals surface area contributed by atoms with Gasteiger partial charge in [0.25, 0.3) is 0 Å². The maximum Gasteiger partial charge on any atom is 0.120 e. The predicted octanol–water partition coefficient (Wildman–Crippen LogP) is 4.90. The van der Waals surface area contributed by atoms with Gasteiger partial charge in [-0.3, -0.25) is 0 Å². The Morgan fingerprint density at radius 3 is 1.30 bits per heavy atom. The van der Waals surface area contributed by atoms with Crippen LogP contribution >= 0.6 is 7.92 Å². The van der Waals surface area contributed by atoms with E-state index < -0.39 is 7.92 Å². The van der Waals surface area contributed by atoms with Crippen molar-refractivity contribution in [2.45, 2.75) is 6.54 Å². The number of phenolic OH excluding ortho intramolecular Hbond substituents is 1. The quantitative estimate of drug-likeness (QED) is 0.471. The first-order chi connectivity index (χ1) is 14.6. The molecule has 0 aliphatic heterocycles. The van der Waals surface area contributed by atoms with Crippen molar-refractivity contribution in [2.75, 3.05) is 14.1 Å². The van der Waals surface area contributed by atoms with Gasteiger partial charge in [0.15, 0.2) is 0 Å². The van der Waals surface area contributed by atoms with E-state index in [9.17, 15) is 5.11 Å². The fourth-order valence-electron chi connectivity index (χ4n) is 3.16. The van der Waals surface area contributed by atoms with E-state index in [-0.39, 0.29) is 0 Å². The lowest BCUT2D eigenvalue weighted by Gasteiger charge is -2.18. The van der Waals surface area contributed by atoms with Gasteiger partial charge in [0.2, 0.25) is 0 Å². The number of hydrogen-bond acceptors (Lipinski definition) is 2. The molecule has 0 saturated heterocycles. The first kappa shape index (κ1) is 21.8. The fraction of sp³-hybridized carbons (Fsp3) is 0.111. The number of para-hydroxylation sites is 1. The molecule has 2 nitrogen and oxygen atoms in total. The molecule has 0 heterocycles. The van der Waals surface area contributed by atoms with Crippen LogP contribution in [0.2, 0.25) is 0 Å². The predicted molar refractivity (Wildman–Crippen MR) is 131 cm³/mol. The summed E-state index contributed by atoms with van der Waals surface area (Å²) in [4.78, 5) is 2.02. The van der Waals surface area contributed by atoms with Crippen LogP contribution in [0.25, 0.3) is 0 Å². The highest BCUT2D eigenvalue weighted by Crippen LogP contribution is 2.32. The van der Waals surface area contributed by atoms with E-state index >= 15 is 0 Å². The topological polar surface area (TPSA) is 23.5 Å². The smallest absolute Gasteiger partial charge is 0.120 e. The standard InChI is InChI=1S/C18H15P.C9H13NO/c1-4-10-16(11-5-1)19(17-12-6-2-7-13-17)18-14-8-3-9-15-18;1-10(2)7-8-5-3-4-6-9(8)11/h1-15H;3-6,11H,7H2,1-2H3. The number of nitrogens with zero attached hydrogens (tertiary/aromatic N) is 1. The van der Waals surface area contributed by atoms with Crippen LogP contribution in [-0.4, -0.2) is 24.1 Å². The SMILES string of the molecule is CN(C)Cc1ccccc1O.c1ccc(P(c2ccccc2)c2ccccc2)cc1. The lowest BCUT2D eigenvalue weighted by molar-refractivity contribution is 0.386. The number of benzene rings is 4. The van der Waals surface area contributed by atoms with Crippen molar-refractivity contribution in [1.29, 1.82) is 0 Å². The molecule has 4 aromatic carbocycles. The Morgan fingerprint density at radius 2 is 0.933 bits per heavy atom. The summed E-state index contributed by atoms with van der Waals surface area (Å²) in [7, 11) is 3.51. The minimum atomic E-state index is -0.446. The zero-order valence-electron chi connectivity index (χ0n) is 17.5. The van der Waals surface area contributed by atoms with E-state index in [1.54, 1.807) is 6.07 Å². The van der Waals surface area contributed by atoms with Crippen molar-refractivity contribution in [3.8, 4) is 5.75 Å². The van der Waals surface area contributed by atoms with E-state index in [2.05, 4.69) is 91.0 Å². The molecule has 0 aliphatic carbocycles. The van der Waals surface area contributed by atoms with Crippen molar-refractivity contribution >= 4 is 23.8 Å². The monoisotopic (exact) mass is 413 g/mol. The third-order valence-corrected chi connectivity index (χ3v) is 6.96. The Balaban J connectivity index is 0.000000199. The molecule has 0 spiro atoms. The number of phenols is 1. The summed E-state index contributed by atoms with van der Waals surface area (Å²) in [6.07, 6.45) is 0. The number of rotatable bonds is 5. The lowest BCUT2D eigenvalue weighted by atomic mass is 10.2. The van der Waals surface area contributed by atoms with Crippen molar-refractivity contribution in [1.82, 2.24) is 4.90 Å². The minimum Gasteiger partial charge on any atom is -0.508 e. The van der Waals surface area contributed by atoms with Gasteiger partial charge in [-0.05, 0) is 44.0 Å². The molecule has 0 unspecified atom stereocenters. The largest absolute Gasteiger partial charge is 0.508 e. The van der Waals surface area contributed by atoms with Crippen LogP contribution in [0.5, 0.6) is 5.75 Å². The average Bonchev–Trinajstić information content (AvgIpc) is 2.78. The highest BCUT2D eigenvalue weighted by molar-refractivity contribution is 7.79. The molecule has 4 aromatic rings. The van der Waals surface area contributed by atoms with Crippen LogP contribution in [0, 0.1) is 0 Å². The minimum absolute atomic E-state index is 0.376. The van der Waals surface area contributed by atoms with Crippen molar-refractivity contribution in [2.24, 2.45) is 0 Å². The van der Waals surface area contributed by atoms with Gasteiger partial charge in [0.05, 0.1) is 0 Å². The molecule has 0 fully saturated rings. The Labute approximate surface area is 181 Å². The van der Waals surface area contributed by atoms with Crippen molar-refractivity contribution in [3.05, 3.63) is 121 Å². The second-order valence-corrected chi connectivity index (χ2v) is 9.43. The van der Waals surface area contributed by atoms with E-state index in [0.29, 0.717) is 5.75 Å². The Morgan fingerprint density at radius 1 is 0.567 bits per heavy atom. The molecule has 4 rings (SSSR count). The summed E-state index contributed by atoms with van der Waals surface area (Å²) in [5.41, 5.74) is 0.970. The van der Waals surface area contributed by atoms with Crippen molar-refractivity contribution < 1.29 is 5.11 Å². The molecule has 30 heavy (non-hydrogen) atoms. The number of aromatic hydroxyl groups is 1. The Kier molecular flexibility index (Phi) is 8.20. The average molecular weight is 414 g/mol. The molecule has 1 N–H and O–H groups in total. The van der Waals surface area contributed by atoms with Gasteiger partial charge in [-0.2, -0.15) is 0 Å². The third-order valence-electron chi connectivity index (χ3n) is 4.52. The summed E-state index contributed by atoms with van der Waals surface area (Å²) in [5.74, 6) is 0.376. The Bertz CT molecular complexity index is 911. The zero-order chi connectivity index (χ0) is 21.2. The number of hydrogen-bond donors (Lipinski definition) is 1. The van der Waals surface area contributed by atoms with Crippen LogP contribution in [-0.2, 0) is 6.54 Å². The fourth-order valence-corrected chi connectivity index (χ4v) is 5.47. The van der Waals surface area contributed by atoms with Gasteiger partial charge in [0, 0.05) is 12.1 Å². The molecule has 152 valence electrons. The summed E-state index contributed by atoms with van der Waals surface area (Å²) in [6, 6.07) is 39.7. The molecular formula is C27H28NOP. The van der Waals surface area contributed by atoms with Gasteiger partial charge in [-0.25, -0.2) is 0 Å². The van der Waals surface area contributed by atoms with Crippen LogP contribution in [0.15, 0.2) is 115 Å². The molecule has 0 bridgehead atoms. The molecule has 0 aliphatic rings. The highest BCUT2D eigenvalue weighted by Gasteiger charge is 2.14. The van der Waals surface area contributed by atoms with Crippen molar-refractivity contribution in [3.63, 3.8) is 0 Å². The second kappa shape index (κ2) is 11.3. The summed E-state index contributed by atoms with van der Waals surface area (Å²) in [5, 5.41) is 13.5. The van der Waals surface area contributed by atoms with Gasteiger partial charge in [-0.1, -0.05) is 109 Å². The molecule has 0 amide bonds. The highest BCUT2D eigenvalue weighted by atomic mass is 31.1. The van der Waals surface area contributed by atoms with E-state index in [1.165, 1.54) is 15.9 Å². The van der Waals surface area contributed by atoms with Crippen LogP contribution in [0.1, 0.15) is 5.56 Å². The van der Waals surface area contributed by atoms with Crippen LogP contribution in [0.4, 0.5) is 0 Å². The molecule has 0 radical (unpaired) electrons. The van der Waals surface area contributed by atoms with Crippen LogP contribution in [0.3, 0.4) is 0 Å². The third kappa shape index (κ3) is 6.29. The second-order valence-electron chi connectivity index (χ2n) is 7.21. The first-order valence-electron chi connectivity index (χ1n) is 10.0. The zero-order valence-corrected chi connectivity index (χ0v) is 18.4. The van der Waals surface area contributed by atoms with Crippen LogP contribution < -0.4 is 15.9 Å². The molecule has 0 saturated carbocycles. The maximum atomic E-state index is 9.33.